The highest BCUT2D eigenvalue weighted by Gasteiger charge is 2.22. The molecule has 2 heterocycles. The highest BCUT2D eigenvalue weighted by Crippen LogP contribution is 2.31. The van der Waals surface area contributed by atoms with Crippen molar-refractivity contribution in [2.45, 2.75) is 38.0 Å². The number of carbonyl (C=O) groups is 1. The maximum Gasteiger partial charge on any atom is 0.282 e. The topological polar surface area (TPSA) is 86.0 Å². The molecule has 188 valence electrons. The lowest BCUT2D eigenvalue weighted by atomic mass is 9.88. The van der Waals surface area contributed by atoms with Crippen LogP contribution in [0.3, 0.4) is 0 Å². The Hall–Kier alpha value is -2.79. The molecule has 0 unspecified atom stereocenters. The molecule has 0 radical (unpaired) electrons. The van der Waals surface area contributed by atoms with Crippen molar-refractivity contribution < 1.29 is 14.3 Å². The van der Waals surface area contributed by atoms with Crippen molar-refractivity contribution in [1.29, 1.82) is 0 Å². The third-order valence-corrected chi connectivity index (χ3v) is 7.59. The van der Waals surface area contributed by atoms with Crippen molar-refractivity contribution in [3.63, 3.8) is 0 Å². The molecule has 0 N–H and O–H groups in total. The lowest BCUT2D eigenvalue weighted by molar-refractivity contribution is -0.137. The fourth-order valence-corrected chi connectivity index (χ4v) is 5.45. The van der Waals surface area contributed by atoms with Gasteiger partial charge in [-0.3, -0.25) is 9.59 Å². The zero-order valence-electron chi connectivity index (χ0n) is 20.1. The van der Waals surface area contributed by atoms with Crippen LogP contribution in [0.4, 0.5) is 0 Å². The lowest BCUT2D eigenvalue weighted by Crippen LogP contribution is -2.43. The summed E-state index contributed by atoms with van der Waals surface area (Å²) in [5.41, 5.74) is 1.41. The van der Waals surface area contributed by atoms with Gasteiger partial charge in [-0.2, -0.15) is 9.78 Å². The summed E-state index contributed by atoms with van der Waals surface area (Å²) in [6, 6.07) is 13.1. The zero-order valence-corrected chi connectivity index (χ0v) is 22.2. The second-order valence-corrected chi connectivity index (χ2v) is 10.3. The average molecular weight is 600 g/mol. The maximum atomic E-state index is 13.4. The van der Waals surface area contributed by atoms with E-state index in [4.69, 9.17) is 14.5 Å². The quantitative estimate of drug-likeness (QED) is 0.313. The first kappa shape index (κ1) is 24.9. The molecule has 0 spiro atoms. The molecule has 1 aliphatic carbocycles. The molecule has 2 fully saturated rings. The van der Waals surface area contributed by atoms with Crippen molar-refractivity contribution in [2.75, 3.05) is 32.9 Å². The van der Waals surface area contributed by atoms with Crippen LogP contribution < -0.4 is 10.3 Å². The minimum atomic E-state index is -0.145. The number of benzene rings is 2. The van der Waals surface area contributed by atoms with Gasteiger partial charge in [-0.05, 0) is 71.3 Å². The number of nitrogens with zero attached hydrogens (tertiary/aromatic N) is 4. The summed E-state index contributed by atoms with van der Waals surface area (Å²) in [5.74, 6) is 1.57. The number of hydrogen-bond acceptors (Lipinski definition) is 6. The first-order valence-electron chi connectivity index (χ1n) is 12.4. The molecule has 2 aromatic carbocycles. The molecule has 2 aliphatic rings. The predicted molar refractivity (Wildman–Crippen MR) is 147 cm³/mol. The number of halogens is 1. The van der Waals surface area contributed by atoms with E-state index in [1.807, 2.05) is 36.4 Å². The van der Waals surface area contributed by atoms with Gasteiger partial charge in [-0.1, -0.05) is 31.4 Å². The van der Waals surface area contributed by atoms with Gasteiger partial charge in [0.05, 0.1) is 33.9 Å². The maximum absolute atomic E-state index is 13.4. The van der Waals surface area contributed by atoms with Crippen LogP contribution in [0.25, 0.3) is 10.9 Å². The van der Waals surface area contributed by atoms with Crippen LogP contribution in [-0.2, 0) is 9.53 Å². The van der Waals surface area contributed by atoms with Gasteiger partial charge in [0.1, 0.15) is 11.6 Å². The normalized spacial score (nSPS) is 17.1. The molecular formula is C27H29IN4O4. The molecule has 1 aliphatic heterocycles. The van der Waals surface area contributed by atoms with E-state index in [0.29, 0.717) is 37.4 Å². The molecule has 0 bridgehead atoms. The van der Waals surface area contributed by atoms with Crippen molar-refractivity contribution in [1.82, 2.24) is 14.6 Å². The molecule has 1 amide bonds. The Bertz CT molecular complexity index is 1330. The predicted octanol–water partition coefficient (Wildman–Crippen LogP) is 4.17. The molecule has 9 heteroatoms. The van der Waals surface area contributed by atoms with Crippen molar-refractivity contribution in [3.8, 4) is 5.75 Å². The molecule has 0 atom stereocenters. The fourth-order valence-electron chi connectivity index (χ4n) is 4.76. The summed E-state index contributed by atoms with van der Waals surface area (Å²) >= 11 is 2.19. The minimum absolute atomic E-state index is 0.00760. The van der Waals surface area contributed by atoms with Gasteiger partial charge >= 0.3 is 0 Å². The highest BCUT2D eigenvalue weighted by molar-refractivity contribution is 14.1. The van der Waals surface area contributed by atoms with Crippen molar-refractivity contribution in [2.24, 2.45) is 5.10 Å². The zero-order chi connectivity index (χ0) is 24.9. The first-order chi connectivity index (χ1) is 17.6. The molecule has 3 aromatic rings. The third-order valence-electron chi connectivity index (χ3n) is 6.74. The number of hydrogen-bond donors (Lipinski definition) is 0. The van der Waals surface area contributed by atoms with Crippen LogP contribution in [0.1, 0.15) is 49.4 Å². The average Bonchev–Trinajstić information content (AvgIpc) is 2.93. The number of para-hydroxylation sites is 1. The Morgan fingerprint density at radius 1 is 1.14 bits per heavy atom. The molecule has 1 aromatic heterocycles. The second kappa shape index (κ2) is 11.5. The van der Waals surface area contributed by atoms with Gasteiger partial charge in [0, 0.05) is 19.0 Å². The van der Waals surface area contributed by atoms with E-state index in [1.165, 1.54) is 11.1 Å². The van der Waals surface area contributed by atoms with Gasteiger partial charge in [-0.15, -0.1) is 0 Å². The second-order valence-electron chi connectivity index (χ2n) is 9.16. The largest absolute Gasteiger partial charge is 0.483 e. The number of carbonyl (C=O) groups excluding carboxylic acids is 1. The minimum Gasteiger partial charge on any atom is -0.483 e. The SMILES string of the molecule is O=C(COc1ccc(C=Nn2c(C3CCCCC3)nc3ccccc3c2=O)cc1I)N1CCOCC1. The first-order valence-corrected chi connectivity index (χ1v) is 13.5. The smallest absolute Gasteiger partial charge is 0.282 e. The molecule has 5 rings (SSSR count). The van der Waals surface area contributed by atoms with Crippen LogP contribution in [-0.4, -0.2) is 59.6 Å². The van der Waals surface area contributed by atoms with E-state index in [9.17, 15) is 9.59 Å². The summed E-state index contributed by atoms with van der Waals surface area (Å²) in [6.45, 7) is 2.32. The van der Waals surface area contributed by atoms with Crippen LogP contribution in [0.5, 0.6) is 5.75 Å². The van der Waals surface area contributed by atoms with Crippen LogP contribution in [0, 0.1) is 3.57 Å². The molecule has 1 saturated carbocycles. The Balaban J connectivity index is 1.36. The van der Waals surface area contributed by atoms with E-state index in [0.717, 1.165) is 46.2 Å². The molecule has 36 heavy (non-hydrogen) atoms. The number of morpholine rings is 1. The number of ether oxygens (including phenoxy) is 2. The number of fused-ring (bicyclic) bond motifs is 1. The van der Waals surface area contributed by atoms with Crippen LogP contribution in [0.15, 0.2) is 52.4 Å². The number of rotatable bonds is 6. The van der Waals surface area contributed by atoms with Crippen molar-refractivity contribution in [3.05, 3.63) is 67.8 Å². The van der Waals surface area contributed by atoms with E-state index < -0.39 is 0 Å². The fraction of sp³-hybridized carbons (Fsp3) is 0.407. The summed E-state index contributed by atoms with van der Waals surface area (Å²) in [5, 5.41) is 5.17. The Kier molecular flexibility index (Phi) is 7.96. The van der Waals surface area contributed by atoms with Gasteiger partial charge in [0.25, 0.3) is 11.5 Å². The highest BCUT2D eigenvalue weighted by atomic mass is 127. The third kappa shape index (κ3) is 5.62. The van der Waals surface area contributed by atoms with Gasteiger partial charge in [0.2, 0.25) is 0 Å². The Morgan fingerprint density at radius 3 is 2.69 bits per heavy atom. The molecule has 8 nitrogen and oxygen atoms in total. The van der Waals surface area contributed by atoms with E-state index in [1.54, 1.807) is 17.2 Å². The van der Waals surface area contributed by atoms with Crippen molar-refractivity contribution >= 4 is 45.6 Å². The van der Waals surface area contributed by atoms with E-state index in [-0.39, 0.29) is 24.0 Å². The summed E-state index contributed by atoms with van der Waals surface area (Å²) in [4.78, 5) is 32.4. The van der Waals surface area contributed by atoms with Gasteiger partial charge < -0.3 is 14.4 Å². The van der Waals surface area contributed by atoms with Gasteiger partial charge in [0.15, 0.2) is 6.61 Å². The van der Waals surface area contributed by atoms with E-state index in [2.05, 4.69) is 27.7 Å². The summed E-state index contributed by atoms with van der Waals surface area (Å²) < 4.78 is 13.4. The molecular weight excluding hydrogens is 571 g/mol. The summed E-state index contributed by atoms with van der Waals surface area (Å²) in [7, 11) is 0. The molecule has 1 saturated heterocycles. The Morgan fingerprint density at radius 2 is 1.92 bits per heavy atom. The van der Waals surface area contributed by atoms with Crippen LogP contribution in [0.2, 0.25) is 0 Å². The Labute approximate surface area is 223 Å². The summed E-state index contributed by atoms with van der Waals surface area (Å²) in [6.07, 6.45) is 7.24. The number of aromatic nitrogens is 2. The monoisotopic (exact) mass is 600 g/mol. The van der Waals surface area contributed by atoms with Crippen LogP contribution >= 0.6 is 22.6 Å². The standard InChI is InChI=1S/C27H29IN4O4/c28-22-16-19(10-11-24(22)36-18-25(33)31-12-14-35-15-13-31)17-29-32-26(20-6-2-1-3-7-20)30-23-9-5-4-8-21(23)27(32)34/h4-5,8-11,16-17,20H,1-3,6-7,12-15,18H2. The lowest BCUT2D eigenvalue weighted by Gasteiger charge is -2.26. The van der Waals surface area contributed by atoms with Gasteiger partial charge in [-0.25, -0.2) is 4.98 Å². The number of amides is 1. The van der Waals surface area contributed by atoms with E-state index >= 15 is 0 Å².